The Hall–Kier alpha value is -2.67. The van der Waals surface area contributed by atoms with Gasteiger partial charge in [0, 0.05) is 37.2 Å². The van der Waals surface area contributed by atoms with Crippen molar-refractivity contribution in [3.8, 4) is 11.5 Å². The van der Waals surface area contributed by atoms with Crippen molar-refractivity contribution < 1.29 is 14.3 Å². The van der Waals surface area contributed by atoms with Gasteiger partial charge < -0.3 is 19.3 Å². The summed E-state index contributed by atoms with van der Waals surface area (Å²) in [4.78, 5) is 26.9. The molecule has 0 bridgehead atoms. The van der Waals surface area contributed by atoms with E-state index in [-0.39, 0.29) is 5.91 Å². The van der Waals surface area contributed by atoms with Gasteiger partial charge in [0.15, 0.2) is 0 Å². The molecule has 0 aliphatic carbocycles. The largest absolute Gasteiger partial charge is 0.496 e. The molecule has 4 rings (SSSR count). The number of ether oxygens (including phenoxy) is 2. The molecule has 0 unspecified atom stereocenters. The van der Waals surface area contributed by atoms with Crippen LogP contribution < -0.4 is 9.47 Å². The molecule has 2 aliphatic rings. The molecule has 0 radical (unpaired) electrons. The lowest BCUT2D eigenvalue weighted by Gasteiger charge is -2.31. The third-order valence-corrected chi connectivity index (χ3v) is 5.97. The summed E-state index contributed by atoms with van der Waals surface area (Å²) in [5.41, 5.74) is 2.56. The second-order valence-electron chi connectivity index (χ2n) is 7.79. The first-order valence-corrected chi connectivity index (χ1v) is 10.1. The fourth-order valence-electron chi connectivity index (χ4n) is 4.19. The summed E-state index contributed by atoms with van der Waals surface area (Å²) in [5, 5.41) is 0. The minimum absolute atomic E-state index is 0.0932. The number of methoxy groups -OCH3 is 2. The predicted molar refractivity (Wildman–Crippen MR) is 109 cm³/mol. The third-order valence-electron chi connectivity index (χ3n) is 5.97. The highest BCUT2D eigenvalue weighted by atomic mass is 16.5. The number of likely N-dealkylation sites (tertiary alicyclic amines) is 1. The Bertz CT molecular complexity index is 871. The highest BCUT2D eigenvalue weighted by Crippen LogP contribution is 2.32. The summed E-state index contributed by atoms with van der Waals surface area (Å²) in [7, 11) is 5.29. The van der Waals surface area contributed by atoms with Gasteiger partial charge >= 0.3 is 0 Å². The summed E-state index contributed by atoms with van der Waals surface area (Å²) < 4.78 is 10.8. The summed E-state index contributed by atoms with van der Waals surface area (Å²) in [6, 6.07) is 5.38. The third kappa shape index (κ3) is 3.92. The number of rotatable bonds is 4. The normalized spacial score (nSPS) is 17.7. The first-order chi connectivity index (χ1) is 14.1. The lowest BCUT2D eigenvalue weighted by Crippen LogP contribution is -2.37. The molecule has 0 spiro atoms. The van der Waals surface area contributed by atoms with Crippen LogP contribution in [0, 0.1) is 0 Å². The number of nitrogens with zero attached hydrogens (tertiary/aromatic N) is 4. The van der Waals surface area contributed by atoms with E-state index in [4.69, 9.17) is 14.5 Å². The Kier molecular flexibility index (Phi) is 5.67. The molecule has 1 saturated heterocycles. The summed E-state index contributed by atoms with van der Waals surface area (Å²) in [6.07, 6.45) is 4.86. The van der Waals surface area contributed by atoms with Gasteiger partial charge in [-0.1, -0.05) is 6.07 Å². The standard InChI is InChI=1S/C22H28N4O3/c1-25-10-7-15(8-11-25)21-23-13-16-14-26(12-9-17(16)24-21)22(27)20-18(28-2)5-4-6-19(20)29-3/h4-6,13,15H,7-12,14H2,1-3H3. The van der Waals surface area contributed by atoms with E-state index in [0.717, 1.165) is 49.4 Å². The van der Waals surface area contributed by atoms with Crippen molar-refractivity contribution in [2.75, 3.05) is 40.9 Å². The van der Waals surface area contributed by atoms with Gasteiger partial charge in [-0.15, -0.1) is 0 Å². The van der Waals surface area contributed by atoms with Gasteiger partial charge in [-0.05, 0) is 45.1 Å². The number of carbonyl (C=O) groups excluding carboxylic acids is 1. The molecule has 7 nitrogen and oxygen atoms in total. The van der Waals surface area contributed by atoms with Gasteiger partial charge in [0.05, 0.1) is 19.9 Å². The molecular formula is C22H28N4O3. The molecule has 1 fully saturated rings. The Morgan fingerprint density at radius 3 is 2.45 bits per heavy atom. The SMILES string of the molecule is COc1cccc(OC)c1C(=O)N1CCc2nc(C3CCN(C)CC3)ncc2C1. The van der Waals surface area contributed by atoms with Crippen LogP contribution in [0.25, 0.3) is 0 Å². The van der Waals surface area contributed by atoms with Crippen LogP contribution in [0.1, 0.15) is 46.2 Å². The highest BCUT2D eigenvalue weighted by Gasteiger charge is 2.29. The average molecular weight is 396 g/mol. The molecule has 154 valence electrons. The van der Waals surface area contributed by atoms with Gasteiger partial charge in [0.2, 0.25) is 0 Å². The maximum absolute atomic E-state index is 13.2. The van der Waals surface area contributed by atoms with E-state index in [1.165, 1.54) is 0 Å². The smallest absolute Gasteiger partial charge is 0.261 e. The molecule has 0 atom stereocenters. The van der Waals surface area contributed by atoms with Gasteiger partial charge in [-0.2, -0.15) is 0 Å². The summed E-state index contributed by atoms with van der Waals surface area (Å²) in [5.74, 6) is 2.35. The molecule has 7 heteroatoms. The van der Waals surface area contributed by atoms with E-state index < -0.39 is 0 Å². The lowest BCUT2D eigenvalue weighted by molar-refractivity contribution is 0.0726. The van der Waals surface area contributed by atoms with Gasteiger partial charge in [0.1, 0.15) is 22.9 Å². The number of hydrogen-bond donors (Lipinski definition) is 0. The van der Waals surface area contributed by atoms with Crippen LogP contribution in [0.2, 0.25) is 0 Å². The molecule has 0 saturated carbocycles. The fraction of sp³-hybridized carbons (Fsp3) is 0.500. The summed E-state index contributed by atoms with van der Waals surface area (Å²) >= 11 is 0. The van der Waals surface area contributed by atoms with Crippen LogP contribution in [0.15, 0.2) is 24.4 Å². The monoisotopic (exact) mass is 396 g/mol. The number of carbonyl (C=O) groups is 1. The van der Waals surface area contributed by atoms with Gasteiger partial charge in [-0.25, -0.2) is 9.97 Å². The zero-order chi connectivity index (χ0) is 20.4. The van der Waals surface area contributed by atoms with Crippen LogP contribution in [0.4, 0.5) is 0 Å². The zero-order valence-corrected chi connectivity index (χ0v) is 17.4. The van der Waals surface area contributed by atoms with Gasteiger partial charge in [0.25, 0.3) is 5.91 Å². The quantitative estimate of drug-likeness (QED) is 0.791. The maximum Gasteiger partial charge on any atom is 0.261 e. The van der Waals surface area contributed by atoms with Crippen LogP contribution in [-0.2, 0) is 13.0 Å². The number of fused-ring (bicyclic) bond motifs is 1. The van der Waals surface area contributed by atoms with Crippen LogP contribution in [0.3, 0.4) is 0 Å². The van der Waals surface area contributed by atoms with Crippen molar-refractivity contribution in [2.24, 2.45) is 0 Å². The van der Waals surface area contributed by atoms with E-state index in [0.29, 0.717) is 36.1 Å². The predicted octanol–water partition coefficient (Wildman–Crippen LogP) is 2.50. The lowest BCUT2D eigenvalue weighted by atomic mass is 9.95. The van der Waals surface area contributed by atoms with E-state index >= 15 is 0 Å². The second-order valence-corrected chi connectivity index (χ2v) is 7.79. The summed E-state index contributed by atoms with van der Waals surface area (Å²) in [6.45, 7) is 3.31. The molecule has 29 heavy (non-hydrogen) atoms. The number of hydrogen-bond acceptors (Lipinski definition) is 6. The van der Waals surface area contributed by atoms with E-state index in [2.05, 4.69) is 16.9 Å². The molecule has 3 heterocycles. The number of piperidine rings is 1. The van der Waals surface area contributed by atoms with Crippen molar-refractivity contribution in [3.63, 3.8) is 0 Å². The molecule has 1 aromatic carbocycles. The molecule has 1 amide bonds. The maximum atomic E-state index is 13.2. The van der Waals surface area contributed by atoms with Crippen LogP contribution in [-0.4, -0.2) is 66.6 Å². The Labute approximate surface area is 171 Å². The fourth-order valence-corrected chi connectivity index (χ4v) is 4.19. The van der Waals surface area contributed by atoms with Gasteiger partial charge in [-0.3, -0.25) is 4.79 Å². The van der Waals surface area contributed by atoms with E-state index in [9.17, 15) is 4.79 Å². The topological polar surface area (TPSA) is 67.8 Å². The van der Waals surface area contributed by atoms with E-state index in [1.54, 1.807) is 26.4 Å². The minimum Gasteiger partial charge on any atom is -0.496 e. The first-order valence-electron chi connectivity index (χ1n) is 10.1. The van der Waals surface area contributed by atoms with Crippen molar-refractivity contribution in [1.82, 2.24) is 19.8 Å². The van der Waals surface area contributed by atoms with Crippen molar-refractivity contribution in [1.29, 1.82) is 0 Å². The zero-order valence-electron chi connectivity index (χ0n) is 17.4. The van der Waals surface area contributed by atoms with Crippen LogP contribution >= 0.6 is 0 Å². The minimum atomic E-state index is -0.0932. The Balaban J connectivity index is 1.53. The first kappa shape index (κ1) is 19.6. The molecule has 2 aromatic rings. The van der Waals surface area contributed by atoms with E-state index in [1.807, 2.05) is 17.2 Å². The number of aromatic nitrogens is 2. The molecule has 1 aromatic heterocycles. The van der Waals surface area contributed by atoms with Crippen LogP contribution in [0.5, 0.6) is 11.5 Å². The second kappa shape index (κ2) is 8.37. The number of benzene rings is 1. The highest BCUT2D eigenvalue weighted by molar-refractivity contribution is 5.99. The number of amides is 1. The molecule has 2 aliphatic heterocycles. The molecular weight excluding hydrogens is 368 g/mol. The Morgan fingerprint density at radius 2 is 1.79 bits per heavy atom. The van der Waals surface area contributed by atoms with Crippen molar-refractivity contribution in [2.45, 2.75) is 31.7 Å². The van der Waals surface area contributed by atoms with Crippen molar-refractivity contribution in [3.05, 3.63) is 47.0 Å². The van der Waals surface area contributed by atoms with Crippen molar-refractivity contribution >= 4 is 5.91 Å². The molecule has 0 N–H and O–H groups in total. The average Bonchev–Trinajstić information content (AvgIpc) is 2.77. The Morgan fingerprint density at radius 1 is 1.10 bits per heavy atom.